The molecule has 0 aromatic carbocycles. The maximum atomic E-state index is 9.81. The smallest absolute Gasteiger partial charge is 0.0807 e. The van der Waals surface area contributed by atoms with Gasteiger partial charge in [-0.05, 0) is 63.2 Å². The Morgan fingerprint density at radius 2 is 1.46 bits per heavy atom. The second-order valence-corrected chi connectivity index (χ2v) is 9.28. The van der Waals surface area contributed by atoms with Gasteiger partial charge in [0.2, 0.25) is 0 Å². The van der Waals surface area contributed by atoms with Crippen LogP contribution in [0.1, 0.15) is 117 Å². The minimum Gasteiger partial charge on any atom is -0.377 e. The molecule has 2 aliphatic rings. The van der Waals surface area contributed by atoms with Crippen molar-refractivity contribution in [2.45, 2.75) is 123 Å². The summed E-state index contributed by atoms with van der Waals surface area (Å²) in [4.78, 5) is 0. The summed E-state index contributed by atoms with van der Waals surface area (Å²) in [7, 11) is 0. The van der Waals surface area contributed by atoms with Gasteiger partial charge in [0.15, 0.2) is 0 Å². The molecule has 0 aromatic heterocycles. The molecule has 26 heavy (non-hydrogen) atoms. The third-order valence-corrected chi connectivity index (χ3v) is 7.10. The Kier molecular flexibility index (Phi) is 10.1. The van der Waals surface area contributed by atoms with Crippen LogP contribution in [0.15, 0.2) is 0 Å². The molecule has 0 bridgehead atoms. The fourth-order valence-electron chi connectivity index (χ4n) is 5.12. The first-order chi connectivity index (χ1) is 12.7. The third kappa shape index (κ3) is 7.22. The topological polar surface area (TPSA) is 33.0 Å². The molecule has 150 valence electrons. The molecule has 2 fully saturated rings. The van der Waals surface area contributed by atoms with Crippen molar-refractivity contribution in [2.24, 2.45) is 17.3 Å². The lowest BCUT2D eigenvalue weighted by molar-refractivity contribution is -0.0299. The van der Waals surface area contributed by atoms with Gasteiger partial charge >= 0.3 is 0 Å². The van der Waals surface area contributed by atoms with Crippen LogP contribution in [-0.2, 0) is 4.74 Å². The molecular formula is C24H43NO. The molecule has 2 heteroatoms. The minimum absolute atomic E-state index is 0.182. The van der Waals surface area contributed by atoms with E-state index in [0.29, 0.717) is 12.7 Å². The van der Waals surface area contributed by atoms with Crippen LogP contribution in [0, 0.1) is 28.6 Å². The summed E-state index contributed by atoms with van der Waals surface area (Å²) < 4.78 is 6.28. The quantitative estimate of drug-likeness (QED) is 0.359. The molecule has 0 amide bonds. The molecule has 0 N–H and O–H groups in total. The van der Waals surface area contributed by atoms with Crippen molar-refractivity contribution in [2.75, 3.05) is 6.61 Å². The zero-order valence-electron chi connectivity index (χ0n) is 17.6. The van der Waals surface area contributed by atoms with Crippen molar-refractivity contribution in [1.29, 1.82) is 5.26 Å². The van der Waals surface area contributed by atoms with Crippen LogP contribution in [0.4, 0.5) is 0 Å². The van der Waals surface area contributed by atoms with Gasteiger partial charge in [0.1, 0.15) is 0 Å². The highest BCUT2D eigenvalue weighted by Gasteiger charge is 2.36. The second-order valence-electron chi connectivity index (χ2n) is 9.28. The minimum atomic E-state index is -0.182. The lowest BCUT2D eigenvalue weighted by atomic mass is 9.70. The third-order valence-electron chi connectivity index (χ3n) is 7.10. The van der Waals surface area contributed by atoms with Crippen molar-refractivity contribution in [3.05, 3.63) is 0 Å². The number of hydrogen-bond donors (Lipinski definition) is 0. The normalized spacial score (nSPS) is 32.3. The van der Waals surface area contributed by atoms with E-state index in [1.807, 2.05) is 0 Å². The van der Waals surface area contributed by atoms with E-state index < -0.39 is 0 Å². The molecule has 0 unspecified atom stereocenters. The van der Waals surface area contributed by atoms with Gasteiger partial charge in [-0.2, -0.15) is 5.26 Å². The van der Waals surface area contributed by atoms with Crippen LogP contribution in [0.5, 0.6) is 0 Å². The molecule has 0 heterocycles. The van der Waals surface area contributed by atoms with E-state index in [0.717, 1.165) is 24.7 Å². The largest absolute Gasteiger partial charge is 0.377 e. The Labute approximate surface area is 163 Å². The lowest BCUT2D eigenvalue weighted by Crippen LogP contribution is -2.34. The van der Waals surface area contributed by atoms with E-state index in [4.69, 9.17) is 4.74 Å². The number of ether oxygens (including phenoxy) is 1. The molecule has 0 aromatic rings. The first kappa shape index (κ1) is 21.7. The molecule has 2 saturated carbocycles. The van der Waals surface area contributed by atoms with Crippen molar-refractivity contribution >= 4 is 0 Å². The van der Waals surface area contributed by atoms with E-state index in [1.54, 1.807) is 0 Å². The van der Waals surface area contributed by atoms with Gasteiger partial charge in [-0.1, -0.05) is 65.2 Å². The van der Waals surface area contributed by atoms with Crippen molar-refractivity contribution in [3.8, 4) is 6.07 Å². The number of rotatable bonds is 11. The zero-order chi connectivity index (χ0) is 18.7. The van der Waals surface area contributed by atoms with E-state index >= 15 is 0 Å². The van der Waals surface area contributed by atoms with Crippen molar-refractivity contribution < 1.29 is 4.74 Å². The van der Waals surface area contributed by atoms with Gasteiger partial charge in [-0.15, -0.1) is 0 Å². The van der Waals surface area contributed by atoms with Crippen molar-refractivity contribution in [1.82, 2.24) is 0 Å². The second kappa shape index (κ2) is 12.0. The molecule has 2 rings (SSSR count). The van der Waals surface area contributed by atoms with Crippen molar-refractivity contribution in [3.63, 3.8) is 0 Å². The van der Waals surface area contributed by atoms with Crippen LogP contribution in [0.2, 0.25) is 0 Å². The summed E-state index contributed by atoms with van der Waals surface area (Å²) in [5, 5.41) is 9.81. The molecule has 2 aliphatic carbocycles. The molecule has 2 nitrogen and oxygen atoms in total. The Hall–Kier alpha value is -0.550. The van der Waals surface area contributed by atoms with Crippen LogP contribution in [0.25, 0.3) is 0 Å². The summed E-state index contributed by atoms with van der Waals surface area (Å²) in [6, 6.07) is 2.67. The van der Waals surface area contributed by atoms with E-state index in [9.17, 15) is 5.26 Å². The monoisotopic (exact) mass is 361 g/mol. The van der Waals surface area contributed by atoms with Gasteiger partial charge < -0.3 is 4.74 Å². The first-order valence-corrected chi connectivity index (χ1v) is 11.7. The van der Waals surface area contributed by atoms with E-state index in [2.05, 4.69) is 19.9 Å². The SMILES string of the molecule is CCCCCCC[C@H]1CC[C@@](C#N)(CO[C@H]2CC[C@H](CCC)CC2)CC1. The highest BCUT2D eigenvalue weighted by Crippen LogP contribution is 2.41. The molecule has 0 aliphatic heterocycles. The van der Waals surface area contributed by atoms with E-state index in [-0.39, 0.29) is 5.41 Å². The predicted octanol–water partition coefficient (Wildman–Crippen LogP) is 7.42. The molecular weight excluding hydrogens is 318 g/mol. The molecule has 0 radical (unpaired) electrons. The summed E-state index contributed by atoms with van der Waals surface area (Å²) in [6.07, 6.45) is 21.1. The number of hydrogen-bond acceptors (Lipinski definition) is 2. The molecule has 0 atom stereocenters. The summed E-state index contributed by atoms with van der Waals surface area (Å²) in [6.45, 7) is 5.26. The summed E-state index contributed by atoms with van der Waals surface area (Å²) in [5.74, 6) is 1.79. The van der Waals surface area contributed by atoms with Gasteiger partial charge in [0.05, 0.1) is 24.2 Å². The average Bonchev–Trinajstić information content (AvgIpc) is 2.69. The lowest BCUT2D eigenvalue weighted by Gasteiger charge is -2.37. The average molecular weight is 362 g/mol. The maximum Gasteiger partial charge on any atom is 0.0807 e. The Morgan fingerprint density at radius 3 is 2.08 bits per heavy atom. The van der Waals surface area contributed by atoms with E-state index in [1.165, 1.54) is 89.9 Å². The highest BCUT2D eigenvalue weighted by molar-refractivity contribution is 5.02. The number of nitriles is 1. The molecule has 0 saturated heterocycles. The van der Waals surface area contributed by atoms with Gasteiger partial charge in [-0.3, -0.25) is 0 Å². The van der Waals surface area contributed by atoms with Crippen LogP contribution < -0.4 is 0 Å². The maximum absolute atomic E-state index is 9.81. The first-order valence-electron chi connectivity index (χ1n) is 11.7. The van der Waals surface area contributed by atoms with Gasteiger partial charge in [0.25, 0.3) is 0 Å². The summed E-state index contributed by atoms with van der Waals surface area (Å²) >= 11 is 0. The fraction of sp³-hybridized carbons (Fsp3) is 0.958. The number of unbranched alkanes of at least 4 members (excludes halogenated alkanes) is 4. The number of nitrogens with zero attached hydrogens (tertiary/aromatic N) is 1. The molecule has 0 spiro atoms. The van der Waals surface area contributed by atoms with Gasteiger partial charge in [0, 0.05) is 0 Å². The Bertz CT molecular complexity index is 397. The Balaban J connectivity index is 1.63. The fourth-order valence-corrected chi connectivity index (χ4v) is 5.12. The van der Waals surface area contributed by atoms with Gasteiger partial charge in [-0.25, -0.2) is 0 Å². The summed E-state index contributed by atoms with van der Waals surface area (Å²) in [5.41, 5.74) is -0.182. The van der Waals surface area contributed by atoms with Crippen LogP contribution >= 0.6 is 0 Å². The standard InChI is InChI=1S/C24H43NO/c1-3-5-6-7-8-10-22-15-17-24(19-25,18-16-22)20-26-23-13-11-21(9-4-2)12-14-23/h21-23H,3-18,20H2,1-2H3/t21-,22-,23-,24+. The Morgan fingerprint density at radius 1 is 0.808 bits per heavy atom. The predicted molar refractivity (Wildman–Crippen MR) is 110 cm³/mol. The van der Waals surface area contributed by atoms with Crippen LogP contribution in [-0.4, -0.2) is 12.7 Å². The van der Waals surface area contributed by atoms with Crippen LogP contribution in [0.3, 0.4) is 0 Å². The zero-order valence-corrected chi connectivity index (χ0v) is 17.6. The highest BCUT2D eigenvalue weighted by atomic mass is 16.5.